The molecule has 3 rings (SSSR count). The first-order valence-corrected chi connectivity index (χ1v) is 7.78. The summed E-state index contributed by atoms with van der Waals surface area (Å²) in [6, 6.07) is 11.2. The molecule has 0 radical (unpaired) electrons. The molecule has 0 amide bonds. The predicted molar refractivity (Wildman–Crippen MR) is 86.4 cm³/mol. The Morgan fingerprint density at radius 3 is 2.82 bits per heavy atom. The Hall–Kier alpha value is -2.08. The number of hydrogen-bond donors (Lipinski definition) is 2. The van der Waals surface area contributed by atoms with Gasteiger partial charge in [-0.2, -0.15) is 0 Å². The van der Waals surface area contributed by atoms with Crippen molar-refractivity contribution in [2.45, 2.75) is 19.1 Å². The fourth-order valence-corrected chi connectivity index (χ4v) is 3.14. The van der Waals surface area contributed by atoms with E-state index >= 15 is 0 Å². The van der Waals surface area contributed by atoms with Crippen LogP contribution in [0, 0.1) is 0 Å². The molecule has 0 spiro atoms. The van der Waals surface area contributed by atoms with E-state index in [4.69, 9.17) is 0 Å². The lowest BCUT2D eigenvalue weighted by Gasteiger charge is -2.20. The Bertz CT molecular complexity index is 769. The Morgan fingerprint density at radius 1 is 1.23 bits per heavy atom. The van der Waals surface area contributed by atoms with Crippen molar-refractivity contribution >= 4 is 11.3 Å². The first-order valence-electron chi connectivity index (χ1n) is 6.90. The van der Waals surface area contributed by atoms with E-state index in [-0.39, 0.29) is 6.61 Å². The number of aliphatic hydroxyl groups is 2. The highest BCUT2D eigenvalue weighted by Gasteiger charge is 2.29. The second-order valence-corrected chi connectivity index (χ2v) is 6.07. The molecule has 2 aromatic heterocycles. The molecule has 2 heterocycles. The minimum atomic E-state index is -1.17. The van der Waals surface area contributed by atoms with E-state index < -0.39 is 5.60 Å². The van der Waals surface area contributed by atoms with Gasteiger partial charge in [0.25, 0.3) is 0 Å². The minimum absolute atomic E-state index is 0.00175. The second kappa shape index (κ2) is 5.96. The van der Waals surface area contributed by atoms with Crippen molar-refractivity contribution in [1.82, 2.24) is 9.97 Å². The predicted octanol–water partition coefficient (Wildman–Crippen LogP) is 2.95. The maximum absolute atomic E-state index is 10.8. The molecule has 0 fully saturated rings. The summed E-state index contributed by atoms with van der Waals surface area (Å²) < 4.78 is 0. The molecule has 3 aromatic rings. The minimum Gasteiger partial charge on any atom is -0.392 e. The topological polar surface area (TPSA) is 66.2 Å². The molecule has 1 unspecified atom stereocenters. The first-order chi connectivity index (χ1) is 10.6. The zero-order chi connectivity index (χ0) is 15.6. The molecule has 0 bridgehead atoms. The van der Waals surface area contributed by atoms with Crippen LogP contribution in [-0.2, 0) is 12.2 Å². The molecule has 0 aliphatic heterocycles. The van der Waals surface area contributed by atoms with Gasteiger partial charge in [0, 0.05) is 28.9 Å². The first kappa shape index (κ1) is 14.8. The monoisotopic (exact) mass is 312 g/mol. The van der Waals surface area contributed by atoms with Crippen molar-refractivity contribution in [2.24, 2.45) is 0 Å². The van der Waals surface area contributed by atoms with Crippen LogP contribution < -0.4 is 0 Å². The normalized spacial score (nSPS) is 13.8. The van der Waals surface area contributed by atoms with Crippen molar-refractivity contribution in [3.05, 3.63) is 70.3 Å². The molecule has 5 heteroatoms. The zero-order valence-electron chi connectivity index (χ0n) is 12.1. The van der Waals surface area contributed by atoms with Gasteiger partial charge >= 0.3 is 0 Å². The number of benzene rings is 1. The fourth-order valence-electron chi connectivity index (χ4n) is 2.23. The number of nitrogens with zero attached hydrogens (tertiary/aromatic N) is 2. The summed E-state index contributed by atoms with van der Waals surface area (Å²) in [6.45, 7) is 1.72. The summed E-state index contributed by atoms with van der Waals surface area (Å²) in [7, 11) is 0. The number of aromatic nitrogens is 2. The fraction of sp³-hybridized carbons (Fsp3) is 0.176. The van der Waals surface area contributed by atoms with Gasteiger partial charge in [-0.25, -0.2) is 4.98 Å². The maximum Gasteiger partial charge on any atom is 0.140 e. The van der Waals surface area contributed by atoms with E-state index in [2.05, 4.69) is 9.97 Å². The zero-order valence-corrected chi connectivity index (χ0v) is 12.9. The average Bonchev–Trinajstić information content (AvgIpc) is 3.06. The molecule has 0 aliphatic carbocycles. The van der Waals surface area contributed by atoms with Crippen LogP contribution in [0.2, 0.25) is 0 Å². The van der Waals surface area contributed by atoms with Crippen LogP contribution >= 0.6 is 11.3 Å². The summed E-state index contributed by atoms with van der Waals surface area (Å²) in [4.78, 5) is 8.62. The quantitative estimate of drug-likeness (QED) is 0.777. The van der Waals surface area contributed by atoms with E-state index in [1.54, 1.807) is 25.4 Å². The van der Waals surface area contributed by atoms with Crippen LogP contribution in [0.5, 0.6) is 0 Å². The summed E-state index contributed by atoms with van der Waals surface area (Å²) in [5.41, 5.74) is 2.09. The van der Waals surface area contributed by atoms with Crippen molar-refractivity contribution in [3.63, 3.8) is 0 Å². The van der Waals surface area contributed by atoms with E-state index in [0.717, 1.165) is 16.8 Å². The van der Waals surface area contributed by atoms with Gasteiger partial charge in [0.2, 0.25) is 0 Å². The van der Waals surface area contributed by atoms with Gasteiger partial charge in [0.05, 0.1) is 12.3 Å². The smallest absolute Gasteiger partial charge is 0.140 e. The highest BCUT2D eigenvalue weighted by molar-refractivity contribution is 7.10. The largest absolute Gasteiger partial charge is 0.392 e. The lowest BCUT2D eigenvalue weighted by molar-refractivity contribution is 0.102. The molecule has 112 valence electrons. The lowest BCUT2D eigenvalue weighted by Crippen LogP contribution is -2.22. The van der Waals surface area contributed by atoms with Crippen LogP contribution in [-0.4, -0.2) is 20.2 Å². The number of pyridine rings is 1. The molecule has 1 aromatic carbocycles. The Kier molecular flexibility index (Phi) is 4.02. The second-order valence-electron chi connectivity index (χ2n) is 5.21. The third kappa shape index (κ3) is 2.78. The van der Waals surface area contributed by atoms with Crippen LogP contribution in [0.25, 0.3) is 11.3 Å². The van der Waals surface area contributed by atoms with E-state index in [1.807, 2.05) is 35.7 Å². The molecule has 2 N–H and O–H groups in total. The highest BCUT2D eigenvalue weighted by atomic mass is 32.1. The molecule has 22 heavy (non-hydrogen) atoms. The highest BCUT2D eigenvalue weighted by Crippen LogP contribution is 2.33. The third-order valence-electron chi connectivity index (χ3n) is 3.55. The maximum atomic E-state index is 10.8. The van der Waals surface area contributed by atoms with Crippen molar-refractivity contribution < 1.29 is 10.2 Å². The third-order valence-corrected chi connectivity index (χ3v) is 4.60. The van der Waals surface area contributed by atoms with Gasteiger partial charge in [-0.15, -0.1) is 11.3 Å². The van der Waals surface area contributed by atoms with Crippen LogP contribution in [0.4, 0.5) is 0 Å². The Morgan fingerprint density at radius 2 is 2.09 bits per heavy atom. The average molecular weight is 312 g/mol. The Labute approximate surface area is 132 Å². The molecular weight excluding hydrogens is 296 g/mol. The van der Waals surface area contributed by atoms with Crippen LogP contribution in [0.1, 0.15) is 23.1 Å². The van der Waals surface area contributed by atoms with Crippen molar-refractivity contribution in [2.75, 3.05) is 0 Å². The van der Waals surface area contributed by atoms with Gasteiger partial charge in [-0.05, 0) is 24.6 Å². The number of hydrogen-bond acceptors (Lipinski definition) is 5. The summed E-state index contributed by atoms with van der Waals surface area (Å²) in [5.74, 6) is 0. The number of rotatable bonds is 4. The molecule has 0 saturated carbocycles. The van der Waals surface area contributed by atoms with Gasteiger partial charge in [-0.3, -0.25) is 4.98 Å². The summed E-state index contributed by atoms with van der Waals surface area (Å²) in [6.07, 6.45) is 3.32. The number of aliphatic hydroxyl groups excluding tert-OH is 1. The molecule has 4 nitrogen and oxygen atoms in total. The van der Waals surface area contributed by atoms with E-state index in [9.17, 15) is 10.2 Å². The molecule has 1 atom stereocenters. The van der Waals surface area contributed by atoms with Crippen molar-refractivity contribution in [1.29, 1.82) is 0 Å². The van der Waals surface area contributed by atoms with E-state index in [0.29, 0.717) is 10.6 Å². The Balaban J connectivity index is 1.96. The standard InChI is InChI=1S/C17H16N2O2S/c1-17(21,14-6-3-7-18-9-14)16-19-15(11-22-16)13-5-2-4-12(8-13)10-20/h2-9,11,20-21H,10H2,1H3. The van der Waals surface area contributed by atoms with Crippen LogP contribution in [0.15, 0.2) is 54.2 Å². The lowest BCUT2D eigenvalue weighted by atomic mass is 9.99. The molecule has 0 saturated heterocycles. The van der Waals surface area contributed by atoms with Crippen molar-refractivity contribution in [3.8, 4) is 11.3 Å². The number of thiazole rings is 1. The SMILES string of the molecule is CC(O)(c1cccnc1)c1nc(-c2cccc(CO)c2)cs1. The van der Waals surface area contributed by atoms with E-state index in [1.165, 1.54) is 11.3 Å². The molecule has 0 aliphatic rings. The molecular formula is C17H16N2O2S. The summed E-state index contributed by atoms with van der Waals surface area (Å²) >= 11 is 1.41. The van der Waals surface area contributed by atoms with Crippen LogP contribution in [0.3, 0.4) is 0 Å². The van der Waals surface area contributed by atoms with Gasteiger partial charge < -0.3 is 10.2 Å². The summed E-state index contributed by atoms with van der Waals surface area (Å²) in [5, 5.41) is 22.5. The van der Waals surface area contributed by atoms with Gasteiger partial charge in [-0.1, -0.05) is 24.3 Å². The van der Waals surface area contributed by atoms with Gasteiger partial charge in [0.15, 0.2) is 0 Å². The van der Waals surface area contributed by atoms with Gasteiger partial charge in [0.1, 0.15) is 10.6 Å².